The van der Waals surface area contributed by atoms with Crippen molar-refractivity contribution < 1.29 is 17.6 Å². The third-order valence-electron chi connectivity index (χ3n) is 4.01. The normalized spacial score (nSPS) is 20.9. The minimum Gasteiger partial charge on any atom is -0.336 e. The molecular formula is C15H16FN3O3S. The van der Waals surface area contributed by atoms with Crippen LogP contribution in [-0.4, -0.2) is 48.3 Å². The molecule has 1 aromatic carbocycles. The highest BCUT2D eigenvalue weighted by Crippen LogP contribution is 2.31. The molecule has 2 aromatic rings. The summed E-state index contributed by atoms with van der Waals surface area (Å²) in [5.74, 6) is -1.02. The van der Waals surface area contributed by atoms with Crippen LogP contribution in [0.25, 0.3) is 0 Å². The lowest BCUT2D eigenvalue weighted by molar-refractivity contribution is 0.0760. The number of nitrogens with zero attached hydrogens (tertiary/aromatic N) is 2. The summed E-state index contributed by atoms with van der Waals surface area (Å²) in [6.07, 6.45) is 1.63. The lowest BCUT2D eigenvalue weighted by Crippen LogP contribution is -2.33. The van der Waals surface area contributed by atoms with Crippen LogP contribution >= 0.6 is 0 Å². The maximum atomic E-state index is 14.0. The average molecular weight is 337 g/mol. The Bertz CT molecular complexity index is 805. The highest BCUT2D eigenvalue weighted by atomic mass is 32.2. The summed E-state index contributed by atoms with van der Waals surface area (Å²) in [5, 5.41) is 5.37. The van der Waals surface area contributed by atoms with Crippen LogP contribution in [-0.2, 0) is 9.84 Å². The lowest BCUT2D eigenvalue weighted by atomic mass is 10.1. The smallest absolute Gasteiger partial charge is 0.271 e. The number of hydrogen-bond acceptors (Lipinski definition) is 4. The van der Waals surface area contributed by atoms with Crippen LogP contribution in [0.3, 0.4) is 0 Å². The molecule has 8 heteroatoms. The molecule has 1 saturated heterocycles. The molecule has 0 saturated carbocycles. The number of carbonyl (C=O) groups is 1. The third kappa shape index (κ3) is 3.12. The second-order valence-corrected chi connectivity index (χ2v) is 7.73. The minimum atomic E-state index is -3.53. The first-order valence-electron chi connectivity index (χ1n) is 7.23. The molecule has 1 fully saturated rings. The molecule has 0 radical (unpaired) electrons. The molecule has 0 bridgehead atoms. The van der Waals surface area contributed by atoms with Crippen molar-refractivity contribution in [2.24, 2.45) is 0 Å². The number of carbonyl (C=O) groups excluding carboxylic acids is 1. The molecule has 1 atom stereocenters. The van der Waals surface area contributed by atoms with Crippen molar-refractivity contribution >= 4 is 15.7 Å². The van der Waals surface area contributed by atoms with Crippen LogP contribution in [0.1, 0.15) is 27.7 Å². The molecule has 0 unspecified atom stereocenters. The molecule has 1 amide bonds. The van der Waals surface area contributed by atoms with Crippen molar-refractivity contribution in [3.63, 3.8) is 0 Å². The first kappa shape index (κ1) is 15.7. The van der Waals surface area contributed by atoms with E-state index in [2.05, 4.69) is 10.2 Å². The van der Waals surface area contributed by atoms with Gasteiger partial charge in [-0.3, -0.25) is 9.89 Å². The van der Waals surface area contributed by atoms with Gasteiger partial charge in [-0.1, -0.05) is 18.2 Å². The number of rotatable bonds is 2. The van der Waals surface area contributed by atoms with Gasteiger partial charge in [0.15, 0.2) is 9.84 Å². The number of amides is 1. The van der Waals surface area contributed by atoms with E-state index in [4.69, 9.17) is 0 Å². The first-order valence-corrected chi connectivity index (χ1v) is 8.95. The van der Waals surface area contributed by atoms with Gasteiger partial charge >= 0.3 is 0 Å². The van der Waals surface area contributed by atoms with Crippen LogP contribution in [0.15, 0.2) is 36.5 Å². The Morgan fingerprint density at radius 3 is 2.74 bits per heavy atom. The number of aromatic amines is 1. The van der Waals surface area contributed by atoms with Crippen molar-refractivity contribution in [2.75, 3.05) is 18.8 Å². The summed E-state index contributed by atoms with van der Waals surface area (Å²) >= 11 is 0. The Morgan fingerprint density at radius 1 is 1.26 bits per heavy atom. The van der Waals surface area contributed by atoms with Crippen LogP contribution in [0.4, 0.5) is 4.39 Å². The van der Waals surface area contributed by atoms with Crippen LogP contribution < -0.4 is 0 Å². The molecule has 1 aliphatic rings. The summed E-state index contributed by atoms with van der Waals surface area (Å²) in [6.45, 7) is 0.335. The van der Waals surface area contributed by atoms with Gasteiger partial charge in [0.1, 0.15) is 11.5 Å². The topological polar surface area (TPSA) is 83.1 Å². The van der Waals surface area contributed by atoms with Gasteiger partial charge in [0.2, 0.25) is 0 Å². The molecule has 1 N–H and O–H groups in total. The van der Waals surface area contributed by atoms with E-state index in [-0.39, 0.29) is 36.7 Å². The van der Waals surface area contributed by atoms with E-state index in [0.717, 1.165) is 0 Å². The zero-order valence-electron chi connectivity index (χ0n) is 12.3. The number of H-pyrrole nitrogens is 1. The largest absolute Gasteiger partial charge is 0.336 e. The number of halogens is 1. The molecule has 23 heavy (non-hydrogen) atoms. The van der Waals surface area contributed by atoms with Gasteiger partial charge in [0, 0.05) is 24.8 Å². The minimum absolute atomic E-state index is 0.0884. The molecule has 122 valence electrons. The number of aromatic nitrogens is 2. The van der Waals surface area contributed by atoms with E-state index in [1.165, 1.54) is 35.4 Å². The second kappa shape index (κ2) is 6.11. The predicted octanol–water partition coefficient (Wildman–Crippen LogP) is 1.55. The molecule has 1 aromatic heterocycles. The van der Waals surface area contributed by atoms with E-state index in [9.17, 15) is 17.6 Å². The monoisotopic (exact) mass is 337 g/mol. The lowest BCUT2D eigenvalue weighted by Gasteiger charge is -2.19. The van der Waals surface area contributed by atoms with Gasteiger partial charge < -0.3 is 4.90 Å². The third-order valence-corrected chi connectivity index (χ3v) is 6.12. The highest BCUT2D eigenvalue weighted by molar-refractivity contribution is 7.91. The summed E-state index contributed by atoms with van der Waals surface area (Å²) in [4.78, 5) is 13.8. The van der Waals surface area contributed by atoms with Gasteiger partial charge in [-0.2, -0.15) is 5.10 Å². The fraction of sp³-hybridized carbons (Fsp3) is 0.333. The average Bonchev–Trinajstić information content (AvgIpc) is 3.00. The summed E-state index contributed by atoms with van der Waals surface area (Å²) in [7, 11) is -3.53. The Labute approximate surface area is 133 Å². The van der Waals surface area contributed by atoms with E-state index >= 15 is 0 Å². The van der Waals surface area contributed by atoms with Crippen molar-refractivity contribution in [2.45, 2.75) is 11.7 Å². The van der Waals surface area contributed by atoms with Crippen LogP contribution in [0.2, 0.25) is 0 Å². The summed E-state index contributed by atoms with van der Waals surface area (Å²) in [6, 6.07) is 7.42. The molecule has 0 aliphatic carbocycles. The van der Waals surface area contributed by atoms with Crippen LogP contribution in [0, 0.1) is 5.82 Å². The number of sulfone groups is 1. The SMILES string of the molecule is O=C(c1ccn[nH]1)N1CC[C@@H](c2ccccc2F)S(=O)(=O)CC1. The molecule has 6 nitrogen and oxygen atoms in total. The first-order chi connectivity index (χ1) is 11.0. The molecular weight excluding hydrogens is 321 g/mol. The van der Waals surface area contributed by atoms with Crippen molar-refractivity contribution in [1.82, 2.24) is 15.1 Å². The highest BCUT2D eigenvalue weighted by Gasteiger charge is 2.34. The zero-order chi connectivity index (χ0) is 16.4. The maximum absolute atomic E-state index is 14.0. The number of nitrogens with one attached hydrogen (secondary N) is 1. The Balaban J connectivity index is 1.86. The van der Waals surface area contributed by atoms with E-state index in [1.807, 2.05) is 0 Å². The Morgan fingerprint density at radius 2 is 2.04 bits per heavy atom. The maximum Gasteiger partial charge on any atom is 0.271 e. The second-order valence-electron chi connectivity index (χ2n) is 5.43. The quantitative estimate of drug-likeness (QED) is 0.901. The Hall–Kier alpha value is -2.22. The molecule has 3 rings (SSSR count). The standard InChI is InChI=1S/C15H16FN3O3S/c16-12-4-2-1-3-11(12)14-6-8-19(9-10-23(14,21)22)15(20)13-5-7-17-18-13/h1-5,7,14H,6,8-10H2,(H,17,18)/t14-/m0/s1. The summed E-state index contributed by atoms with van der Waals surface area (Å²) < 4.78 is 38.9. The molecule has 1 aliphatic heterocycles. The fourth-order valence-corrected chi connectivity index (χ4v) is 4.58. The zero-order valence-corrected chi connectivity index (χ0v) is 13.1. The summed E-state index contributed by atoms with van der Waals surface area (Å²) in [5.41, 5.74) is 0.482. The van der Waals surface area contributed by atoms with Gasteiger partial charge in [-0.25, -0.2) is 12.8 Å². The van der Waals surface area contributed by atoms with E-state index < -0.39 is 20.9 Å². The van der Waals surface area contributed by atoms with Gasteiger partial charge in [0.05, 0.1) is 11.0 Å². The van der Waals surface area contributed by atoms with Crippen molar-refractivity contribution in [3.05, 3.63) is 53.6 Å². The molecule has 2 heterocycles. The Kier molecular flexibility index (Phi) is 4.16. The van der Waals surface area contributed by atoms with Crippen LogP contribution in [0.5, 0.6) is 0 Å². The van der Waals surface area contributed by atoms with Crippen molar-refractivity contribution in [1.29, 1.82) is 0 Å². The van der Waals surface area contributed by atoms with E-state index in [0.29, 0.717) is 5.69 Å². The van der Waals surface area contributed by atoms with Gasteiger partial charge in [-0.05, 0) is 18.6 Å². The van der Waals surface area contributed by atoms with Gasteiger partial charge in [0.25, 0.3) is 5.91 Å². The van der Waals surface area contributed by atoms with Crippen molar-refractivity contribution in [3.8, 4) is 0 Å². The number of hydrogen-bond donors (Lipinski definition) is 1. The predicted molar refractivity (Wildman–Crippen MR) is 82.0 cm³/mol. The fourth-order valence-electron chi connectivity index (χ4n) is 2.78. The van der Waals surface area contributed by atoms with Gasteiger partial charge in [-0.15, -0.1) is 0 Å². The molecule has 0 spiro atoms. The van der Waals surface area contributed by atoms with E-state index in [1.54, 1.807) is 6.07 Å². The number of benzene rings is 1.